The van der Waals surface area contributed by atoms with Crippen LogP contribution in [0, 0.1) is 23.2 Å². The van der Waals surface area contributed by atoms with Gasteiger partial charge in [-0.1, -0.05) is 46.4 Å². The maximum absolute atomic E-state index is 14.7. The fourth-order valence-electron chi connectivity index (χ4n) is 6.83. The quantitative estimate of drug-likeness (QED) is 0.228. The van der Waals surface area contributed by atoms with Gasteiger partial charge in [-0.15, -0.1) is 0 Å². The number of carbonyl (C=O) groups is 7. The number of carbonyl (C=O) groups excluding carboxylic acids is 7. The first-order valence-electron chi connectivity index (χ1n) is 16.1. The number of rotatable bonds is 7. The average Bonchev–Trinajstić information content (AvgIpc) is 3.27. The Morgan fingerprint density at radius 2 is 1.36 bits per heavy atom. The SMILES string of the molecule is C=C1[C@H](OC(C)=O)[C@@H](OC(C)=O)[C@@H](OC(=O)c2cccnc2)C(C)(C)/C=C/[C@@H](C)C(=O)[C@@]2(OC(C)=O)C[C@H](C)[C@H](OC(C)=O)[C@@H]2[C@H]1OC(C)=O. The van der Waals surface area contributed by atoms with E-state index in [1.54, 1.807) is 33.8 Å². The fourth-order valence-corrected chi connectivity index (χ4v) is 6.83. The summed E-state index contributed by atoms with van der Waals surface area (Å²) in [5.74, 6) is -8.74. The summed E-state index contributed by atoms with van der Waals surface area (Å²) < 4.78 is 35.1. The van der Waals surface area contributed by atoms with Crippen LogP contribution in [0.1, 0.15) is 79.1 Å². The molecular weight excluding hydrogens is 654 g/mol. The molecule has 3 rings (SSSR count). The molecular formula is C36H45NO13. The molecule has 0 N–H and O–H groups in total. The van der Waals surface area contributed by atoms with Crippen LogP contribution in [0.2, 0.25) is 0 Å². The monoisotopic (exact) mass is 699 g/mol. The maximum atomic E-state index is 14.7. The van der Waals surface area contributed by atoms with Crippen molar-refractivity contribution >= 4 is 41.6 Å². The van der Waals surface area contributed by atoms with Crippen LogP contribution in [-0.4, -0.2) is 82.7 Å². The van der Waals surface area contributed by atoms with Crippen molar-refractivity contribution in [2.75, 3.05) is 0 Å². The van der Waals surface area contributed by atoms with Crippen LogP contribution < -0.4 is 0 Å². The van der Waals surface area contributed by atoms with Crippen molar-refractivity contribution in [3.05, 3.63) is 54.4 Å². The lowest BCUT2D eigenvalue weighted by atomic mass is 9.72. The Hall–Kier alpha value is -4.88. The topological polar surface area (TPSA) is 188 Å². The first-order valence-corrected chi connectivity index (χ1v) is 16.1. The van der Waals surface area contributed by atoms with Gasteiger partial charge < -0.3 is 28.4 Å². The van der Waals surface area contributed by atoms with E-state index >= 15 is 0 Å². The normalized spacial score (nSPS) is 31.4. The molecule has 0 aromatic carbocycles. The highest BCUT2D eigenvalue weighted by atomic mass is 16.6. The molecule has 2 aliphatic carbocycles. The van der Waals surface area contributed by atoms with Crippen molar-refractivity contribution in [3.63, 3.8) is 0 Å². The average molecular weight is 700 g/mol. The molecule has 0 bridgehead atoms. The van der Waals surface area contributed by atoms with Crippen LogP contribution in [0.25, 0.3) is 0 Å². The molecule has 9 atom stereocenters. The van der Waals surface area contributed by atoms with Crippen LogP contribution in [0.3, 0.4) is 0 Å². The first-order chi connectivity index (χ1) is 23.2. The van der Waals surface area contributed by atoms with Gasteiger partial charge in [-0.3, -0.25) is 33.8 Å². The summed E-state index contributed by atoms with van der Waals surface area (Å²) >= 11 is 0. The summed E-state index contributed by atoms with van der Waals surface area (Å²) in [6.07, 6.45) is -1.98. The molecule has 14 nitrogen and oxygen atoms in total. The van der Waals surface area contributed by atoms with E-state index in [4.69, 9.17) is 28.4 Å². The van der Waals surface area contributed by atoms with Gasteiger partial charge >= 0.3 is 35.8 Å². The largest absolute Gasteiger partial charge is 0.462 e. The van der Waals surface area contributed by atoms with Gasteiger partial charge in [0.2, 0.25) is 0 Å². The van der Waals surface area contributed by atoms with E-state index in [0.717, 1.165) is 34.6 Å². The minimum Gasteiger partial charge on any atom is -0.462 e. The summed E-state index contributed by atoms with van der Waals surface area (Å²) in [5, 5.41) is 0. The Kier molecular flexibility index (Phi) is 12.5. The number of pyridine rings is 1. The summed E-state index contributed by atoms with van der Waals surface area (Å²) in [7, 11) is 0. The predicted octanol–water partition coefficient (Wildman–Crippen LogP) is 3.65. The Labute approximate surface area is 290 Å². The highest BCUT2D eigenvalue weighted by Gasteiger charge is 2.66. The second-order valence-corrected chi connectivity index (χ2v) is 13.4. The fraction of sp³-hybridized carbons (Fsp3) is 0.556. The molecule has 272 valence electrons. The van der Waals surface area contributed by atoms with Crippen LogP contribution in [0.5, 0.6) is 0 Å². The third-order valence-corrected chi connectivity index (χ3v) is 8.76. The third-order valence-electron chi connectivity index (χ3n) is 8.76. The van der Waals surface area contributed by atoms with Gasteiger partial charge in [0.1, 0.15) is 12.2 Å². The number of allylic oxidation sites excluding steroid dienone is 1. The summed E-state index contributed by atoms with van der Waals surface area (Å²) in [6.45, 7) is 16.2. The van der Waals surface area contributed by atoms with Gasteiger partial charge in [-0.05, 0) is 18.1 Å². The molecule has 14 heteroatoms. The molecule has 1 aromatic heterocycles. The Bertz CT molecular complexity index is 1550. The standard InChI is InChI=1S/C36H45NO13/c1-18-13-14-35(9,10)33(49-34(44)26-12-11-15-37-17-26)31(48-24(7)41)30(47-23(6)40)20(3)29(46-22(5)39)27-28(45-21(4)38)19(2)16-36(27,32(18)43)50-25(8)42/h11-15,17-19,27-31,33H,3,16H2,1-2,4-10H3/b14-13+/t18-,19+,27-,28+,29+,30+,31-,33-,36-/m1/s1. The van der Waals surface area contributed by atoms with Gasteiger partial charge in [-0.2, -0.15) is 0 Å². The van der Waals surface area contributed by atoms with Crippen molar-refractivity contribution in [2.45, 2.75) is 105 Å². The van der Waals surface area contributed by atoms with Crippen molar-refractivity contribution in [2.24, 2.45) is 23.2 Å². The molecule has 0 spiro atoms. The lowest BCUT2D eigenvalue weighted by Crippen LogP contribution is -2.59. The molecule has 0 unspecified atom stereocenters. The lowest BCUT2D eigenvalue weighted by molar-refractivity contribution is -0.190. The minimum atomic E-state index is -2.05. The van der Waals surface area contributed by atoms with E-state index in [-0.39, 0.29) is 17.6 Å². The Morgan fingerprint density at radius 1 is 0.800 bits per heavy atom. The van der Waals surface area contributed by atoms with Gasteiger partial charge in [-0.25, -0.2) is 4.79 Å². The van der Waals surface area contributed by atoms with E-state index in [1.807, 2.05) is 0 Å². The van der Waals surface area contributed by atoms with Crippen molar-refractivity contribution < 1.29 is 62.0 Å². The van der Waals surface area contributed by atoms with E-state index in [2.05, 4.69) is 11.6 Å². The van der Waals surface area contributed by atoms with Gasteiger partial charge in [0, 0.05) is 70.3 Å². The number of aromatic nitrogens is 1. The molecule has 0 saturated heterocycles. The van der Waals surface area contributed by atoms with E-state index < -0.39 is 101 Å². The molecule has 50 heavy (non-hydrogen) atoms. The molecule has 1 aromatic rings. The maximum Gasteiger partial charge on any atom is 0.340 e. The van der Waals surface area contributed by atoms with Crippen LogP contribution in [0.4, 0.5) is 0 Å². The summed E-state index contributed by atoms with van der Waals surface area (Å²) in [4.78, 5) is 95.7. The van der Waals surface area contributed by atoms with Crippen molar-refractivity contribution in [1.82, 2.24) is 4.98 Å². The van der Waals surface area contributed by atoms with Crippen molar-refractivity contribution in [3.8, 4) is 0 Å². The second-order valence-electron chi connectivity index (χ2n) is 13.4. The number of esters is 6. The van der Waals surface area contributed by atoms with E-state index in [9.17, 15) is 33.6 Å². The smallest absolute Gasteiger partial charge is 0.340 e. The number of nitrogens with zero attached hydrogens (tertiary/aromatic N) is 1. The minimum absolute atomic E-state index is 0.0551. The van der Waals surface area contributed by atoms with Gasteiger partial charge in [0.15, 0.2) is 29.7 Å². The zero-order chi connectivity index (χ0) is 37.7. The van der Waals surface area contributed by atoms with Gasteiger partial charge in [0.05, 0.1) is 11.5 Å². The number of hydrogen-bond acceptors (Lipinski definition) is 14. The third kappa shape index (κ3) is 8.82. The number of Topliss-reactive ketones (excluding diaryl/α,β-unsaturated/α-hetero) is 1. The molecule has 0 aliphatic heterocycles. The van der Waals surface area contributed by atoms with Crippen LogP contribution in [0.15, 0.2) is 48.8 Å². The van der Waals surface area contributed by atoms with Gasteiger partial charge in [0.25, 0.3) is 0 Å². The van der Waals surface area contributed by atoms with Crippen LogP contribution in [-0.2, 0) is 57.2 Å². The van der Waals surface area contributed by atoms with Crippen molar-refractivity contribution in [1.29, 1.82) is 0 Å². The number of fused-ring (bicyclic) bond motifs is 1. The zero-order valence-corrected chi connectivity index (χ0v) is 29.8. The summed E-state index contributed by atoms with van der Waals surface area (Å²) in [6, 6.07) is 2.98. The highest BCUT2D eigenvalue weighted by molar-refractivity contribution is 5.93. The van der Waals surface area contributed by atoms with Crippen LogP contribution >= 0.6 is 0 Å². The van der Waals surface area contributed by atoms with E-state index in [0.29, 0.717) is 0 Å². The molecule has 2 aliphatic rings. The molecule has 1 fully saturated rings. The summed E-state index contributed by atoms with van der Waals surface area (Å²) in [5.41, 5.74) is -3.51. The number of ketones is 1. The second kappa shape index (κ2) is 15.8. The first kappa shape index (κ1) is 39.6. The lowest BCUT2D eigenvalue weighted by Gasteiger charge is -2.44. The highest BCUT2D eigenvalue weighted by Crippen LogP contribution is 2.51. The molecule has 0 amide bonds. The molecule has 0 radical (unpaired) electrons. The van der Waals surface area contributed by atoms with E-state index in [1.165, 1.54) is 30.6 Å². The number of hydrogen-bond donors (Lipinski definition) is 0. The molecule has 1 heterocycles. The zero-order valence-electron chi connectivity index (χ0n) is 29.8. The number of ether oxygens (including phenoxy) is 6. The Balaban J connectivity index is 2.46. The predicted molar refractivity (Wildman–Crippen MR) is 174 cm³/mol. The Morgan fingerprint density at radius 3 is 1.88 bits per heavy atom. The molecule has 1 saturated carbocycles.